The zero-order valence-corrected chi connectivity index (χ0v) is 32.5. The molecule has 0 atom stereocenters. The minimum Gasteiger partial charge on any atom is -0.456 e. The van der Waals surface area contributed by atoms with Gasteiger partial charge in [0.15, 0.2) is 0 Å². The minimum atomic E-state index is 0.881. The van der Waals surface area contributed by atoms with Crippen molar-refractivity contribution in [3.8, 4) is 11.1 Å². The van der Waals surface area contributed by atoms with Crippen molar-refractivity contribution in [2.45, 2.75) is 0 Å². The third kappa shape index (κ3) is 5.77. The highest BCUT2D eigenvalue weighted by molar-refractivity contribution is 6.08. The Bertz CT molecular complexity index is 3320. The van der Waals surface area contributed by atoms with Crippen molar-refractivity contribution in [3.63, 3.8) is 0 Å². The summed E-state index contributed by atoms with van der Waals surface area (Å²) in [6.45, 7) is 0. The van der Waals surface area contributed by atoms with Crippen molar-refractivity contribution in [1.29, 1.82) is 0 Å². The second kappa shape index (κ2) is 13.8. The van der Waals surface area contributed by atoms with Crippen LogP contribution in [0.4, 0.5) is 34.1 Å². The fourth-order valence-corrected chi connectivity index (χ4v) is 8.84. The molecule has 0 saturated carbocycles. The Morgan fingerprint density at radius 2 is 0.567 bits per heavy atom. The molecule has 0 aliphatic carbocycles. The van der Waals surface area contributed by atoms with Crippen LogP contribution in [0.25, 0.3) is 76.5 Å². The fourth-order valence-electron chi connectivity index (χ4n) is 8.84. The van der Waals surface area contributed by atoms with E-state index < -0.39 is 0 Å². The molecule has 4 heteroatoms. The van der Waals surface area contributed by atoms with Gasteiger partial charge in [-0.1, -0.05) is 121 Å². The van der Waals surface area contributed by atoms with E-state index in [0.717, 1.165) is 89.1 Å². The molecule has 0 saturated heterocycles. The van der Waals surface area contributed by atoms with Gasteiger partial charge in [-0.2, -0.15) is 0 Å². The number of nitrogens with zero attached hydrogens (tertiary/aromatic N) is 2. The Kier molecular flexibility index (Phi) is 7.82. The normalized spacial score (nSPS) is 11.7. The van der Waals surface area contributed by atoms with Gasteiger partial charge in [0.05, 0.1) is 0 Å². The van der Waals surface area contributed by atoms with Crippen molar-refractivity contribution in [1.82, 2.24) is 0 Å². The molecular weight excluding hydrogens is 733 g/mol. The summed E-state index contributed by atoms with van der Waals surface area (Å²) in [5, 5.41) is 9.24. The van der Waals surface area contributed by atoms with Gasteiger partial charge in [0, 0.05) is 55.7 Å². The molecule has 60 heavy (non-hydrogen) atoms. The van der Waals surface area contributed by atoms with Crippen LogP contribution in [0.2, 0.25) is 0 Å². The second-order valence-electron chi connectivity index (χ2n) is 15.4. The second-order valence-corrected chi connectivity index (χ2v) is 15.4. The molecular formula is C56H36N2O2. The van der Waals surface area contributed by atoms with E-state index in [9.17, 15) is 0 Å². The van der Waals surface area contributed by atoms with Crippen LogP contribution >= 0.6 is 0 Å². The summed E-state index contributed by atoms with van der Waals surface area (Å²) in [5.74, 6) is 0. The molecule has 10 aromatic carbocycles. The SMILES string of the molecule is c1ccc2cc(N(c3ccc(-c4ccc(N(c5ccc6ccccc6c5)c5ccc6oc7ccccc7c6c5)cc4)cc3)c3ccc4oc5ccccc5c4c3)ccc2c1. The number of para-hydroxylation sites is 2. The van der Waals surface area contributed by atoms with Gasteiger partial charge in [0.1, 0.15) is 22.3 Å². The molecule has 12 aromatic rings. The lowest BCUT2D eigenvalue weighted by atomic mass is 10.0. The highest BCUT2D eigenvalue weighted by Gasteiger charge is 2.18. The molecule has 2 aromatic heterocycles. The van der Waals surface area contributed by atoms with Gasteiger partial charge < -0.3 is 18.6 Å². The van der Waals surface area contributed by atoms with Crippen molar-refractivity contribution in [2.75, 3.05) is 9.80 Å². The van der Waals surface area contributed by atoms with Crippen LogP contribution in [0.15, 0.2) is 227 Å². The molecule has 0 aliphatic rings. The van der Waals surface area contributed by atoms with Gasteiger partial charge in [-0.05, 0) is 130 Å². The molecule has 0 radical (unpaired) electrons. The molecule has 0 spiro atoms. The van der Waals surface area contributed by atoms with Gasteiger partial charge in [0.2, 0.25) is 0 Å². The number of furan rings is 2. The summed E-state index contributed by atoms with van der Waals surface area (Å²) in [5.41, 5.74) is 12.3. The Balaban J connectivity index is 0.928. The molecule has 0 bridgehead atoms. The van der Waals surface area contributed by atoms with Crippen LogP contribution in [0.5, 0.6) is 0 Å². The van der Waals surface area contributed by atoms with Gasteiger partial charge in [-0.25, -0.2) is 0 Å². The predicted molar refractivity (Wildman–Crippen MR) is 251 cm³/mol. The van der Waals surface area contributed by atoms with E-state index in [1.807, 2.05) is 24.3 Å². The van der Waals surface area contributed by atoms with Crippen molar-refractivity contribution in [2.24, 2.45) is 0 Å². The third-order valence-corrected chi connectivity index (χ3v) is 11.8. The van der Waals surface area contributed by atoms with Crippen LogP contribution in [0.1, 0.15) is 0 Å². The highest BCUT2D eigenvalue weighted by atomic mass is 16.3. The number of anilines is 6. The Labute approximate surface area is 346 Å². The molecule has 0 unspecified atom stereocenters. The quantitative estimate of drug-likeness (QED) is 0.162. The van der Waals surface area contributed by atoms with E-state index in [1.54, 1.807) is 0 Å². The van der Waals surface area contributed by atoms with E-state index in [0.29, 0.717) is 0 Å². The van der Waals surface area contributed by atoms with E-state index in [1.165, 1.54) is 21.5 Å². The Hall–Kier alpha value is -8.08. The third-order valence-electron chi connectivity index (χ3n) is 11.8. The van der Waals surface area contributed by atoms with Crippen LogP contribution in [0.3, 0.4) is 0 Å². The van der Waals surface area contributed by atoms with Crippen LogP contribution in [0, 0.1) is 0 Å². The summed E-state index contributed by atoms with van der Waals surface area (Å²) < 4.78 is 12.4. The molecule has 12 rings (SSSR count). The molecule has 0 amide bonds. The van der Waals surface area contributed by atoms with E-state index in [-0.39, 0.29) is 0 Å². The largest absolute Gasteiger partial charge is 0.456 e. The number of hydrogen-bond donors (Lipinski definition) is 0. The number of hydrogen-bond acceptors (Lipinski definition) is 4. The molecule has 4 nitrogen and oxygen atoms in total. The molecule has 0 fully saturated rings. The lowest BCUT2D eigenvalue weighted by Crippen LogP contribution is -2.10. The molecule has 282 valence electrons. The molecule has 0 N–H and O–H groups in total. The maximum Gasteiger partial charge on any atom is 0.135 e. The summed E-state index contributed by atoms with van der Waals surface area (Å²) in [6.07, 6.45) is 0. The van der Waals surface area contributed by atoms with E-state index >= 15 is 0 Å². The van der Waals surface area contributed by atoms with Crippen molar-refractivity contribution in [3.05, 3.63) is 218 Å². The minimum absolute atomic E-state index is 0.881. The lowest BCUT2D eigenvalue weighted by molar-refractivity contribution is 0.668. The van der Waals surface area contributed by atoms with Crippen LogP contribution in [-0.4, -0.2) is 0 Å². The van der Waals surface area contributed by atoms with E-state index in [2.05, 4.69) is 204 Å². The van der Waals surface area contributed by atoms with Gasteiger partial charge in [-0.15, -0.1) is 0 Å². The number of rotatable bonds is 7. The number of benzene rings is 10. The summed E-state index contributed by atoms with van der Waals surface area (Å²) >= 11 is 0. The van der Waals surface area contributed by atoms with Crippen molar-refractivity contribution >= 4 is 99.5 Å². The summed E-state index contributed by atoms with van der Waals surface area (Å²) in [6, 6.07) is 77.7. The zero-order chi connectivity index (χ0) is 39.6. The Morgan fingerprint density at radius 3 is 1.02 bits per heavy atom. The summed E-state index contributed by atoms with van der Waals surface area (Å²) in [7, 11) is 0. The van der Waals surface area contributed by atoms with E-state index in [4.69, 9.17) is 8.83 Å². The molecule has 2 heterocycles. The lowest BCUT2D eigenvalue weighted by Gasteiger charge is -2.27. The predicted octanol–water partition coefficient (Wildman–Crippen LogP) is 16.4. The average molecular weight is 769 g/mol. The first kappa shape index (κ1) is 34.0. The average Bonchev–Trinajstić information content (AvgIpc) is 3.88. The van der Waals surface area contributed by atoms with Crippen LogP contribution in [-0.2, 0) is 0 Å². The standard InChI is InChI=1S/C56H36N2O2/c1-3-11-41-33-45(27-21-37(41)9-1)57(47-29-31-55-51(35-47)49-13-5-7-15-53(49)59-55)43-23-17-39(18-24-43)40-19-25-44(26-20-40)58(46-28-22-38-10-2-4-12-42(38)34-46)48-30-32-56-52(36-48)50-14-6-8-16-54(50)60-56/h1-36H. The first-order chi connectivity index (χ1) is 29.7. The maximum absolute atomic E-state index is 6.21. The highest BCUT2D eigenvalue weighted by Crippen LogP contribution is 2.42. The maximum atomic E-state index is 6.21. The fraction of sp³-hybridized carbons (Fsp3) is 0. The smallest absolute Gasteiger partial charge is 0.135 e. The first-order valence-electron chi connectivity index (χ1n) is 20.3. The van der Waals surface area contributed by atoms with Gasteiger partial charge in [-0.3, -0.25) is 0 Å². The summed E-state index contributed by atoms with van der Waals surface area (Å²) in [4.78, 5) is 4.67. The first-order valence-corrected chi connectivity index (χ1v) is 20.3. The number of fused-ring (bicyclic) bond motifs is 8. The molecule has 0 aliphatic heterocycles. The van der Waals surface area contributed by atoms with Gasteiger partial charge in [0.25, 0.3) is 0 Å². The van der Waals surface area contributed by atoms with Crippen molar-refractivity contribution < 1.29 is 8.83 Å². The topological polar surface area (TPSA) is 32.8 Å². The van der Waals surface area contributed by atoms with Gasteiger partial charge >= 0.3 is 0 Å². The zero-order valence-electron chi connectivity index (χ0n) is 32.5. The monoisotopic (exact) mass is 768 g/mol. The Morgan fingerprint density at radius 1 is 0.233 bits per heavy atom. The van der Waals surface area contributed by atoms with Crippen LogP contribution < -0.4 is 9.80 Å².